The van der Waals surface area contributed by atoms with Crippen LogP contribution in [0.5, 0.6) is 0 Å². The number of rotatable bonds is 9. The fraction of sp³-hybridized carbons (Fsp3) is 0.875. The molecule has 0 spiro atoms. The standard InChI is InChI=1S/C24H47NO4Si/c1-13-17(5)20(29-30(14-2,15-3)16-4)18(6)21-19(7)25(24(11,12)27-21)22(26)28-23(8,9)10/h13,17-21H,1,14-16H2,2-12H3/t17-,18+,19-,20-,21+/m1/s1. The van der Waals surface area contributed by atoms with Gasteiger partial charge in [0.1, 0.15) is 11.3 Å². The van der Waals surface area contributed by atoms with E-state index in [9.17, 15) is 4.79 Å². The zero-order valence-corrected chi connectivity index (χ0v) is 22.4. The van der Waals surface area contributed by atoms with E-state index in [-0.39, 0.29) is 36.2 Å². The molecule has 5 atom stereocenters. The highest BCUT2D eigenvalue weighted by Crippen LogP contribution is 2.40. The summed E-state index contributed by atoms with van der Waals surface area (Å²) in [4.78, 5) is 14.7. The van der Waals surface area contributed by atoms with Crippen LogP contribution in [-0.2, 0) is 13.9 Å². The molecule has 0 radical (unpaired) electrons. The monoisotopic (exact) mass is 441 g/mol. The Kier molecular flexibility index (Phi) is 9.22. The molecule has 0 aliphatic carbocycles. The van der Waals surface area contributed by atoms with Crippen molar-refractivity contribution in [2.75, 3.05) is 0 Å². The highest BCUT2D eigenvalue weighted by Gasteiger charge is 2.52. The van der Waals surface area contributed by atoms with E-state index in [1.54, 1.807) is 4.90 Å². The lowest BCUT2D eigenvalue weighted by atomic mass is 9.87. The van der Waals surface area contributed by atoms with Gasteiger partial charge >= 0.3 is 6.09 Å². The maximum absolute atomic E-state index is 13.0. The third kappa shape index (κ3) is 6.10. The second-order valence-electron chi connectivity index (χ2n) is 10.4. The SMILES string of the molecule is C=C[C@@H](C)[C@@H](O[Si](CC)(CC)CC)[C@H](C)[C@@H]1OC(C)(C)N(C(=O)OC(C)(C)C)[C@@H]1C. The van der Waals surface area contributed by atoms with Crippen LogP contribution >= 0.6 is 0 Å². The summed E-state index contributed by atoms with van der Waals surface area (Å²) in [5.74, 6) is 0.308. The molecule has 0 unspecified atom stereocenters. The van der Waals surface area contributed by atoms with E-state index in [1.165, 1.54) is 0 Å². The second kappa shape index (κ2) is 10.2. The fourth-order valence-electron chi connectivity index (χ4n) is 4.67. The second-order valence-corrected chi connectivity index (χ2v) is 15.1. The van der Waals surface area contributed by atoms with Crippen LogP contribution in [0.15, 0.2) is 12.7 Å². The zero-order valence-electron chi connectivity index (χ0n) is 21.4. The average molecular weight is 442 g/mol. The fourth-order valence-corrected chi connectivity index (χ4v) is 7.68. The van der Waals surface area contributed by atoms with Crippen molar-refractivity contribution < 1.29 is 18.7 Å². The van der Waals surface area contributed by atoms with E-state index in [1.807, 2.05) is 40.7 Å². The van der Waals surface area contributed by atoms with Crippen LogP contribution in [0.3, 0.4) is 0 Å². The quantitative estimate of drug-likeness (QED) is 0.299. The van der Waals surface area contributed by atoms with E-state index in [0.29, 0.717) is 0 Å². The zero-order chi connectivity index (χ0) is 23.5. The van der Waals surface area contributed by atoms with Crippen LogP contribution in [-0.4, -0.2) is 48.9 Å². The molecule has 1 aliphatic heterocycles. The Balaban J connectivity index is 3.20. The highest BCUT2D eigenvalue weighted by molar-refractivity contribution is 6.73. The average Bonchev–Trinajstić information content (AvgIpc) is 2.89. The van der Waals surface area contributed by atoms with E-state index in [4.69, 9.17) is 13.9 Å². The van der Waals surface area contributed by atoms with Gasteiger partial charge in [-0.1, -0.05) is 40.7 Å². The summed E-state index contributed by atoms with van der Waals surface area (Å²) in [6, 6.07) is 3.19. The topological polar surface area (TPSA) is 48.0 Å². The first kappa shape index (κ1) is 27.2. The normalized spacial score (nSPS) is 25.0. The van der Waals surface area contributed by atoms with Gasteiger partial charge in [0.2, 0.25) is 0 Å². The summed E-state index contributed by atoms with van der Waals surface area (Å²) in [6.45, 7) is 26.8. The first-order chi connectivity index (χ1) is 13.7. The van der Waals surface area contributed by atoms with Crippen molar-refractivity contribution in [1.82, 2.24) is 4.90 Å². The van der Waals surface area contributed by atoms with Crippen molar-refractivity contribution in [3.05, 3.63) is 12.7 Å². The van der Waals surface area contributed by atoms with Gasteiger partial charge in [-0.2, -0.15) is 0 Å². The van der Waals surface area contributed by atoms with Crippen LogP contribution in [0.1, 0.15) is 76.2 Å². The molecule has 30 heavy (non-hydrogen) atoms. The largest absolute Gasteiger partial charge is 0.444 e. The van der Waals surface area contributed by atoms with Crippen molar-refractivity contribution in [2.24, 2.45) is 11.8 Å². The first-order valence-electron chi connectivity index (χ1n) is 11.7. The molecule has 1 saturated heterocycles. The Morgan fingerprint density at radius 1 is 1.20 bits per heavy atom. The van der Waals surface area contributed by atoms with Gasteiger partial charge in [-0.25, -0.2) is 4.79 Å². The minimum absolute atomic E-state index is 0.0100. The maximum atomic E-state index is 13.0. The molecule has 0 saturated carbocycles. The van der Waals surface area contributed by atoms with Gasteiger partial charge < -0.3 is 13.9 Å². The number of hydrogen-bond acceptors (Lipinski definition) is 4. The van der Waals surface area contributed by atoms with Crippen LogP contribution in [0.25, 0.3) is 0 Å². The summed E-state index contributed by atoms with van der Waals surface area (Å²) in [7, 11) is -1.81. The van der Waals surface area contributed by atoms with Gasteiger partial charge in [-0.05, 0) is 65.6 Å². The van der Waals surface area contributed by atoms with E-state index < -0.39 is 19.6 Å². The van der Waals surface area contributed by atoms with Gasteiger partial charge in [-0.15, -0.1) is 6.58 Å². The molecular formula is C24H47NO4Si. The van der Waals surface area contributed by atoms with Gasteiger partial charge in [0.25, 0.3) is 0 Å². The molecular weight excluding hydrogens is 394 g/mol. The van der Waals surface area contributed by atoms with E-state index >= 15 is 0 Å². The first-order valence-corrected chi connectivity index (χ1v) is 14.2. The number of ether oxygens (including phenoxy) is 2. The minimum Gasteiger partial charge on any atom is -0.444 e. The molecule has 5 nitrogen and oxygen atoms in total. The summed E-state index contributed by atoms with van der Waals surface area (Å²) < 4.78 is 19.1. The van der Waals surface area contributed by atoms with Gasteiger partial charge in [0, 0.05) is 5.92 Å². The van der Waals surface area contributed by atoms with Crippen molar-refractivity contribution in [2.45, 2.75) is 124 Å². The summed E-state index contributed by atoms with van der Waals surface area (Å²) in [5.41, 5.74) is -1.29. The number of carbonyl (C=O) groups is 1. The lowest BCUT2D eigenvalue weighted by Crippen LogP contribution is -2.51. The Bertz CT molecular complexity index is 574. The molecule has 0 N–H and O–H groups in total. The molecule has 0 aromatic heterocycles. The molecule has 1 heterocycles. The highest BCUT2D eigenvalue weighted by atomic mass is 28.4. The number of carbonyl (C=O) groups excluding carboxylic acids is 1. The lowest BCUT2D eigenvalue weighted by Gasteiger charge is -2.40. The predicted molar refractivity (Wildman–Crippen MR) is 127 cm³/mol. The minimum atomic E-state index is -1.81. The molecule has 1 amide bonds. The summed E-state index contributed by atoms with van der Waals surface area (Å²) in [6.07, 6.45) is 1.52. The van der Waals surface area contributed by atoms with Crippen molar-refractivity contribution in [3.63, 3.8) is 0 Å². The van der Waals surface area contributed by atoms with Gasteiger partial charge in [0.15, 0.2) is 8.32 Å². The van der Waals surface area contributed by atoms with E-state index in [2.05, 4.69) is 48.1 Å². The Morgan fingerprint density at radius 2 is 1.70 bits per heavy atom. The molecule has 176 valence electrons. The Hall–Kier alpha value is -0.853. The maximum Gasteiger partial charge on any atom is 0.412 e. The van der Waals surface area contributed by atoms with Crippen LogP contribution in [0.4, 0.5) is 4.79 Å². The van der Waals surface area contributed by atoms with Crippen LogP contribution < -0.4 is 0 Å². The Labute approximate surface area is 186 Å². The number of hydrogen-bond donors (Lipinski definition) is 0. The third-order valence-electron chi connectivity index (χ3n) is 6.72. The van der Waals surface area contributed by atoms with E-state index in [0.717, 1.165) is 18.1 Å². The summed E-state index contributed by atoms with van der Waals surface area (Å²) >= 11 is 0. The molecule has 1 rings (SSSR count). The molecule has 6 heteroatoms. The molecule has 0 aromatic carbocycles. The predicted octanol–water partition coefficient (Wildman–Crippen LogP) is 6.60. The summed E-state index contributed by atoms with van der Waals surface area (Å²) in [5, 5.41) is 0. The molecule has 1 fully saturated rings. The molecule has 1 aliphatic rings. The van der Waals surface area contributed by atoms with Crippen molar-refractivity contribution in [1.29, 1.82) is 0 Å². The Morgan fingerprint density at radius 3 is 2.10 bits per heavy atom. The van der Waals surface area contributed by atoms with Crippen molar-refractivity contribution >= 4 is 14.4 Å². The van der Waals surface area contributed by atoms with Gasteiger partial charge in [0.05, 0.1) is 18.2 Å². The molecule has 0 aromatic rings. The van der Waals surface area contributed by atoms with Crippen LogP contribution in [0.2, 0.25) is 18.1 Å². The smallest absolute Gasteiger partial charge is 0.412 e. The number of nitrogens with zero attached hydrogens (tertiary/aromatic N) is 1. The third-order valence-corrected chi connectivity index (χ3v) is 11.4. The van der Waals surface area contributed by atoms with Crippen molar-refractivity contribution in [3.8, 4) is 0 Å². The van der Waals surface area contributed by atoms with Gasteiger partial charge in [-0.3, -0.25) is 4.90 Å². The van der Waals surface area contributed by atoms with Crippen LogP contribution in [0, 0.1) is 11.8 Å². The molecule has 0 bridgehead atoms. The lowest BCUT2D eigenvalue weighted by molar-refractivity contribution is -0.0999. The number of amides is 1.